The van der Waals surface area contributed by atoms with Crippen LogP contribution in [0.25, 0.3) is 11.5 Å². The maximum absolute atomic E-state index is 13.5. The summed E-state index contributed by atoms with van der Waals surface area (Å²) in [7, 11) is 0. The fourth-order valence-electron chi connectivity index (χ4n) is 2.24. The van der Waals surface area contributed by atoms with E-state index in [0.717, 1.165) is 0 Å². The van der Waals surface area contributed by atoms with Crippen LogP contribution in [0.5, 0.6) is 0 Å². The van der Waals surface area contributed by atoms with Gasteiger partial charge in [-0.25, -0.2) is 9.18 Å². The second-order valence-corrected chi connectivity index (χ2v) is 5.06. The number of hydrogen-bond donors (Lipinski definition) is 2. The number of hydrogen-bond acceptors (Lipinski definition) is 4. The molecule has 1 amide bonds. The van der Waals surface area contributed by atoms with Gasteiger partial charge in [-0.05, 0) is 36.2 Å². The predicted molar refractivity (Wildman–Crippen MR) is 85.0 cm³/mol. The molecule has 2 heterocycles. The summed E-state index contributed by atoms with van der Waals surface area (Å²) in [6.07, 6.45) is 1.80. The molecule has 0 aliphatic carbocycles. The molecule has 0 spiro atoms. The van der Waals surface area contributed by atoms with Crippen molar-refractivity contribution in [2.75, 3.05) is 6.54 Å². The topological polar surface area (TPSA) is 88.0 Å². The summed E-state index contributed by atoms with van der Waals surface area (Å²) < 4.78 is 18.7. The molecule has 0 atom stereocenters. The molecule has 0 saturated carbocycles. The summed E-state index contributed by atoms with van der Waals surface area (Å²) >= 11 is 0. The number of carbonyl (C=O) groups excluding carboxylic acids is 1. The molecular formula is C17H14FN3O3. The molecule has 6 nitrogen and oxygen atoms in total. The van der Waals surface area contributed by atoms with Crippen LogP contribution in [0.3, 0.4) is 0 Å². The van der Waals surface area contributed by atoms with Gasteiger partial charge in [0, 0.05) is 6.54 Å². The number of H-pyrrole nitrogens is 1. The van der Waals surface area contributed by atoms with E-state index in [-0.39, 0.29) is 18.1 Å². The molecule has 0 aliphatic rings. The first-order chi connectivity index (χ1) is 11.6. The van der Waals surface area contributed by atoms with Crippen molar-refractivity contribution in [1.82, 2.24) is 15.3 Å². The first-order valence-electron chi connectivity index (χ1n) is 7.30. The van der Waals surface area contributed by atoms with Crippen molar-refractivity contribution in [1.29, 1.82) is 0 Å². The van der Waals surface area contributed by atoms with E-state index in [9.17, 15) is 14.0 Å². The molecule has 7 heteroatoms. The minimum absolute atomic E-state index is 0.0290. The van der Waals surface area contributed by atoms with E-state index in [2.05, 4.69) is 15.3 Å². The number of rotatable bonds is 5. The highest BCUT2D eigenvalue weighted by molar-refractivity contribution is 5.92. The second-order valence-electron chi connectivity index (χ2n) is 5.06. The molecule has 3 rings (SSSR count). The van der Waals surface area contributed by atoms with E-state index in [4.69, 9.17) is 4.42 Å². The number of nitrogens with one attached hydrogen (secondary N) is 2. The smallest absolute Gasteiger partial charge is 0.346 e. The van der Waals surface area contributed by atoms with Crippen LogP contribution in [0, 0.1) is 5.82 Å². The van der Waals surface area contributed by atoms with Crippen molar-refractivity contribution < 1.29 is 13.6 Å². The Morgan fingerprint density at radius 3 is 2.83 bits per heavy atom. The fraction of sp³-hybridized carbons (Fsp3) is 0.118. The largest absolute Gasteiger partial charge is 0.463 e. The van der Waals surface area contributed by atoms with E-state index in [1.165, 1.54) is 18.4 Å². The first-order valence-corrected chi connectivity index (χ1v) is 7.30. The van der Waals surface area contributed by atoms with Gasteiger partial charge in [0.15, 0.2) is 0 Å². The molecule has 2 aromatic heterocycles. The van der Waals surface area contributed by atoms with Gasteiger partial charge < -0.3 is 14.7 Å². The number of carbonyl (C=O) groups is 1. The van der Waals surface area contributed by atoms with Gasteiger partial charge in [0.25, 0.3) is 5.91 Å². The minimum atomic E-state index is -0.650. The number of amides is 1. The number of furan rings is 1. The van der Waals surface area contributed by atoms with Crippen molar-refractivity contribution in [2.24, 2.45) is 0 Å². The lowest BCUT2D eigenvalue weighted by molar-refractivity contribution is 0.0948. The number of halogens is 1. The molecule has 122 valence electrons. The summed E-state index contributed by atoms with van der Waals surface area (Å²) in [5, 5.41) is 2.62. The highest BCUT2D eigenvalue weighted by Crippen LogP contribution is 2.16. The lowest BCUT2D eigenvalue weighted by Gasteiger charge is -2.06. The van der Waals surface area contributed by atoms with Crippen LogP contribution in [0.15, 0.2) is 57.9 Å². The van der Waals surface area contributed by atoms with Gasteiger partial charge in [-0.1, -0.05) is 18.2 Å². The van der Waals surface area contributed by atoms with Crippen molar-refractivity contribution in [2.45, 2.75) is 6.42 Å². The fourth-order valence-corrected chi connectivity index (χ4v) is 2.24. The Morgan fingerprint density at radius 1 is 1.25 bits per heavy atom. The molecule has 24 heavy (non-hydrogen) atoms. The van der Waals surface area contributed by atoms with Crippen LogP contribution >= 0.6 is 0 Å². The number of nitrogens with zero attached hydrogens (tertiary/aromatic N) is 1. The van der Waals surface area contributed by atoms with Gasteiger partial charge in [0.1, 0.15) is 17.3 Å². The molecule has 1 aromatic carbocycles. The monoisotopic (exact) mass is 327 g/mol. The standard InChI is InChI=1S/C17H14FN3O3/c18-12-5-2-1-4-11(12)7-8-19-16(22)14-10-13(20-17(23)21-14)15-6-3-9-24-15/h1-6,9-10H,7-8H2,(H,19,22)(H,20,21,23). The van der Waals surface area contributed by atoms with E-state index in [1.807, 2.05) is 0 Å². The second kappa shape index (κ2) is 6.91. The minimum Gasteiger partial charge on any atom is -0.463 e. The number of benzene rings is 1. The van der Waals surface area contributed by atoms with Crippen LogP contribution < -0.4 is 11.0 Å². The van der Waals surface area contributed by atoms with Gasteiger partial charge in [0.2, 0.25) is 0 Å². The van der Waals surface area contributed by atoms with E-state index in [1.54, 1.807) is 30.3 Å². The van der Waals surface area contributed by atoms with E-state index < -0.39 is 11.6 Å². The molecular weight excluding hydrogens is 313 g/mol. The quantitative estimate of drug-likeness (QED) is 0.751. The highest BCUT2D eigenvalue weighted by atomic mass is 19.1. The van der Waals surface area contributed by atoms with Crippen molar-refractivity contribution in [3.63, 3.8) is 0 Å². The van der Waals surface area contributed by atoms with E-state index in [0.29, 0.717) is 23.4 Å². The van der Waals surface area contributed by atoms with Crippen LogP contribution in [0.4, 0.5) is 4.39 Å². The third kappa shape index (κ3) is 3.57. The maximum atomic E-state index is 13.5. The van der Waals surface area contributed by atoms with Crippen LogP contribution in [0.1, 0.15) is 16.1 Å². The van der Waals surface area contributed by atoms with Crippen molar-refractivity contribution in [3.8, 4) is 11.5 Å². The average Bonchev–Trinajstić information content (AvgIpc) is 3.10. The summed E-state index contributed by atoms with van der Waals surface area (Å²) in [5.74, 6) is -0.402. The third-order valence-electron chi connectivity index (χ3n) is 3.40. The number of aromatic amines is 1. The Bertz CT molecular complexity index is 903. The Kier molecular flexibility index (Phi) is 4.51. The molecule has 3 aromatic rings. The maximum Gasteiger partial charge on any atom is 0.346 e. The van der Waals surface area contributed by atoms with Gasteiger partial charge >= 0.3 is 5.69 Å². The Morgan fingerprint density at radius 2 is 2.08 bits per heavy atom. The first kappa shape index (κ1) is 15.7. The average molecular weight is 327 g/mol. The lowest BCUT2D eigenvalue weighted by Crippen LogP contribution is -2.29. The molecule has 2 N–H and O–H groups in total. The normalized spacial score (nSPS) is 10.5. The molecule has 0 radical (unpaired) electrons. The van der Waals surface area contributed by atoms with Gasteiger partial charge in [-0.15, -0.1) is 0 Å². The Hall–Kier alpha value is -3.22. The Labute approximate surface area is 136 Å². The molecule has 0 aliphatic heterocycles. The molecule has 0 fully saturated rings. The van der Waals surface area contributed by atoms with E-state index >= 15 is 0 Å². The zero-order chi connectivity index (χ0) is 16.9. The molecule has 0 saturated heterocycles. The lowest BCUT2D eigenvalue weighted by atomic mass is 10.1. The van der Waals surface area contributed by atoms with Gasteiger partial charge in [-0.3, -0.25) is 4.79 Å². The molecule has 0 unspecified atom stereocenters. The predicted octanol–water partition coefficient (Wildman–Crippen LogP) is 2.14. The van der Waals surface area contributed by atoms with Gasteiger partial charge in [-0.2, -0.15) is 4.98 Å². The Balaban J connectivity index is 1.69. The van der Waals surface area contributed by atoms with Crippen molar-refractivity contribution >= 4 is 5.91 Å². The zero-order valence-corrected chi connectivity index (χ0v) is 12.6. The summed E-state index contributed by atoms with van der Waals surface area (Å²) in [4.78, 5) is 29.9. The number of aromatic nitrogens is 2. The SMILES string of the molecule is O=C(NCCc1ccccc1F)c1cc(-c2ccco2)[nH]c(=O)n1. The van der Waals surface area contributed by atoms with Crippen LogP contribution in [-0.4, -0.2) is 22.4 Å². The van der Waals surface area contributed by atoms with Crippen LogP contribution in [-0.2, 0) is 6.42 Å². The van der Waals surface area contributed by atoms with Crippen LogP contribution in [0.2, 0.25) is 0 Å². The summed E-state index contributed by atoms with van der Waals surface area (Å²) in [6, 6.07) is 11.1. The summed E-state index contributed by atoms with van der Waals surface area (Å²) in [5.41, 5.74) is 0.189. The van der Waals surface area contributed by atoms with Crippen molar-refractivity contribution in [3.05, 3.63) is 76.3 Å². The third-order valence-corrected chi connectivity index (χ3v) is 3.40. The highest BCUT2D eigenvalue weighted by Gasteiger charge is 2.12. The van der Waals surface area contributed by atoms with Gasteiger partial charge in [0.05, 0.1) is 12.0 Å². The summed E-state index contributed by atoms with van der Waals surface area (Å²) in [6.45, 7) is 0.227. The molecule has 0 bridgehead atoms. The zero-order valence-electron chi connectivity index (χ0n) is 12.6.